The number of nitrogens with zero attached hydrogens (tertiary/aromatic N) is 1. The molecule has 0 saturated carbocycles. The molecule has 2 aromatic carbocycles. The van der Waals surface area contributed by atoms with Crippen LogP contribution in [-0.4, -0.2) is 18.2 Å². The molecule has 3 rings (SSSR count). The molecule has 0 aromatic heterocycles. The molecule has 5 heteroatoms. The minimum absolute atomic E-state index is 0.0833. The summed E-state index contributed by atoms with van der Waals surface area (Å²) >= 11 is 5.79. The van der Waals surface area contributed by atoms with E-state index < -0.39 is 0 Å². The third-order valence-electron chi connectivity index (χ3n) is 3.46. The molecule has 0 aliphatic heterocycles. The normalized spacial score (nSPS) is 14.7. The van der Waals surface area contributed by atoms with Gasteiger partial charge in [-0.1, -0.05) is 35.9 Å². The number of aryl methyl sites for hydroxylation is 1. The molecule has 4 nitrogen and oxygen atoms in total. The van der Waals surface area contributed by atoms with Crippen molar-refractivity contribution < 1.29 is 9.53 Å². The molecule has 0 spiro atoms. The van der Waals surface area contributed by atoms with E-state index in [0.717, 1.165) is 24.1 Å². The molecule has 0 saturated heterocycles. The van der Waals surface area contributed by atoms with E-state index in [1.165, 1.54) is 5.56 Å². The fraction of sp³-hybridized carbons (Fsp3) is 0.176. The summed E-state index contributed by atoms with van der Waals surface area (Å²) in [6.45, 7) is -0.0833. The average Bonchev–Trinajstić information content (AvgIpc) is 2.96. The van der Waals surface area contributed by atoms with E-state index in [1.54, 1.807) is 24.3 Å². The van der Waals surface area contributed by atoms with E-state index >= 15 is 0 Å². The van der Waals surface area contributed by atoms with Crippen molar-refractivity contribution in [1.82, 2.24) is 5.43 Å². The summed E-state index contributed by atoms with van der Waals surface area (Å²) in [5, 5.41) is 4.83. The molecular formula is C17H15ClN2O2. The second-order valence-corrected chi connectivity index (χ2v) is 5.43. The Morgan fingerprint density at radius 2 is 1.91 bits per heavy atom. The Bertz CT molecular complexity index is 711. The van der Waals surface area contributed by atoms with E-state index in [4.69, 9.17) is 16.3 Å². The fourth-order valence-corrected chi connectivity index (χ4v) is 2.49. The topological polar surface area (TPSA) is 50.7 Å². The van der Waals surface area contributed by atoms with Gasteiger partial charge in [-0.3, -0.25) is 4.79 Å². The number of nitrogens with one attached hydrogen (secondary N) is 1. The summed E-state index contributed by atoms with van der Waals surface area (Å²) < 4.78 is 5.37. The molecule has 112 valence electrons. The van der Waals surface area contributed by atoms with Gasteiger partial charge in [0, 0.05) is 10.6 Å². The van der Waals surface area contributed by atoms with Crippen molar-refractivity contribution in [3.8, 4) is 5.75 Å². The van der Waals surface area contributed by atoms with Crippen LogP contribution in [-0.2, 0) is 11.2 Å². The van der Waals surface area contributed by atoms with Crippen molar-refractivity contribution >= 4 is 23.2 Å². The second-order valence-electron chi connectivity index (χ2n) is 4.99. The number of rotatable bonds is 4. The minimum atomic E-state index is -0.285. The molecule has 1 amide bonds. The molecule has 0 fully saturated rings. The number of fused-ring (bicyclic) bond motifs is 1. The molecule has 0 bridgehead atoms. The maximum absolute atomic E-state index is 11.8. The molecule has 22 heavy (non-hydrogen) atoms. The van der Waals surface area contributed by atoms with Gasteiger partial charge in [-0.2, -0.15) is 5.10 Å². The number of carbonyl (C=O) groups excluding carboxylic acids is 1. The Hall–Kier alpha value is -2.33. The zero-order valence-electron chi connectivity index (χ0n) is 11.9. The van der Waals surface area contributed by atoms with Crippen molar-refractivity contribution in [1.29, 1.82) is 0 Å². The molecule has 0 heterocycles. The van der Waals surface area contributed by atoms with Crippen LogP contribution < -0.4 is 10.2 Å². The van der Waals surface area contributed by atoms with E-state index in [2.05, 4.69) is 16.6 Å². The summed E-state index contributed by atoms with van der Waals surface area (Å²) in [6.07, 6.45) is 1.81. The summed E-state index contributed by atoms with van der Waals surface area (Å²) in [5.41, 5.74) is 5.84. The third-order valence-corrected chi connectivity index (χ3v) is 3.71. The van der Waals surface area contributed by atoms with Crippen molar-refractivity contribution in [2.24, 2.45) is 5.10 Å². The quantitative estimate of drug-likeness (QED) is 0.881. The van der Waals surface area contributed by atoms with Gasteiger partial charge in [-0.15, -0.1) is 0 Å². The molecule has 2 aromatic rings. The number of benzene rings is 2. The molecule has 0 radical (unpaired) electrons. The lowest BCUT2D eigenvalue weighted by molar-refractivity contribution is -0.123. The lowest BCUT2D eigenvalue weighted by Gasteiger charge is -2.05. The Kier molecular flexibility index (Phi) is 4.39. The lowest BCUT2D eigenvalue weighted by Crippen LogP contribution is -2.25. The maximum atomic E-state index is 11.8. The predicted molar refractivity (Wildman–Crippen MR) is 86.4 cm³/mol. The Morgan fingerprint density at radius 3 is 2.73 bits per heavy atom. The van der Waals surface area contributed by atoms with E-state index in [1.807, 2.05) is 18.2 Å². The van der Waals surface area contributed by atoms with Gasteiger partial charge >= 0.3 is 0 Å². The first kappa shape index (κ1) is 14.6. The van der Waals surface area contributed by atoms with Crippen LogP contribution in [0, 0.1) is 0 Å². The van der Waals surface area contributed by atoms with Crippen LogP contribution in [0.15, 0.2) is 53.6 Å². The number of hydrogen-bond acceptors (Lipinski definition) is 3. The van der Waals surface area contributed by atoms with E-state index in [9.17, 15) is 4.79 Å². The number of hydrogen-bond donors (Lipinski definition) is 1. The van der Waals surface area contributed by atoms with Gasteiger partial charge in [0.2, 0.25) is 0 Å². The van der Waals surface area contributed by atoms with Gasteiger partial charge in [-0.05, 0) is 42.7 Å². The largest absolute Gasteiger partial charge is 0.484 e. The van der Waals surface area contributed by atoms with Crippen LogP contribution in [0.1, 0.15) is 17.5 Å². The van der Waals surface area contributed by atoms with Crippen LogP contribution in [0.4, 0.5) is 0 Å². The van der Waals surface area contributed by atoms with Gasteiger partial charge in [0.1, 0.15) is 5.75 Å². The molecule has 1 N–H and O–H groups in total. The van der Waals surface area contributed by atoms with E-state index in [0.29, 0.717) is 10.8 Å². The molecular weight excluding hydrogens is 300 g/mol. The SMILES string of the molecule is O=C(COc1ccc(Cl)cc1)NN=C1CCc2ccccc21. The van der Waals surface area contributed by atoms with Crippen LogP contribution in [0.25, 0.3) is 0 Å². The zero-order valence-corrected chi connectivity index (χ0v) is 12.6. The Morgan fingerprint density at radius 1 is 1.14 bits per heavy atom. The van der Waals surface area contributed by atoms with Gasteiger partial charge in [-0.25, -0.2) is 5.43 Å². The number of halogens is 1. The smallest absolute Gasteiger partial charge is 0.277 e. The first-order valence-corrected chi connectivity index (χ1v) is 7.42. The van der Waals surface area contributed by atoms with Crippen molar-refractivity contribution in [2.45, 2.75) is 12.8 Å². The highest BCUT2D eigenvalue weighted by atomic mass is 35.5. The molecule has 0 atom stereocenters. The van der Waals surface area contributed by atoms with Gasteiger partial charge in [0.15, 0.2) is 6.61 Å². The minimum Gasteiger partial charge on any atom is -0.484 e. The monoisotopic (exact) mass is 314 g/mol. The highest BCUT2D eigenvalue weighted by Crippen LogP contribution is 2.21. The number of amides is 1. The first-order valence-electron chi connectivity index (χ1n) is 7.04. The van der Waals surface area contributed by atoms with Gasteiger partial charge in [0.05, 0.1) is 5.71 Å². The van der Waals surface area contributed by atoms with Crippen LogP contribution in [0.5, 0.6) is 5.75 Å². The third kappa shape index (κ3) is 3.46. The molecule has 0 unspecified atom stereocenters. The zero-order chi connectivity index (χ0) is 15.4. The van der Waals surface area contributed by atoms with Crippen molar-refractivity contribution in [2.75, 3.05) is 6.61 Å². The van der Waals surface area contributed by atoms with Crippen LogP contribution in [0.3, 0.4) is 0 Å². The fourth-order valence-electron chi connectivity index (χ4n) is 2.37. The molecule has 1 aliphatic carbocycles. The Balaban J connectivity index is 1.55. The second kappa shape index (κ2) is 6.62. The molecule has 1 aliphatic rings. The Labute approximate surface area is 133 Å². The summed E-state index contributed by atoms with van der Waals surface area (Å²) in [7, 11) is 0. The summed E-state index contributed by atoms with van der Waals surface area (Å²) in [6, 6.07) is 15.0. The lowest BCUT2D eigenvalue weighted by atomic mass is 10.1. The maximum Gasteiger partial charge on any atom is 0.277 e. The van der Waals surface area contributed by atoms with Crippen molar-refractivity contribution in [3.05, 3.63) is 64.7 Å². The number of ether oxygens (including phenoxy) is 1. The highest BCUT2D eigenvalue weighted by molar-refractivity contribution is 6.30. The van der Waals surface area contributed by atoms with Gasteiger partial charge < -0.3 is 4.74 Å². The average molecular weight is 315 g/mol. The van der Waals surface area contributed by atoms with Crippen LogP contribution >= 0.6 is 11.6 Å². The van der Waals surface area contributed by atoms with E-state index in [-0.39, 0.29) is 12.5 Å². The predicted octanol–water partition coefficient (Wildman–Crippen LogP) is 3.19. The highest BCUT2D eigenvalue weighted by Gasteiger charge is 2.17. The van der Waals surface area contributed by atoms with Crippen molar-refractivity contribution in [3.63, 3.8) is 0 Å². The van der Waals surface area contributed by atoms with Gasteiger partial charge in [0.25, 0.3) is 5.91 Å². The number of hydrazone groups is 1. The summed E-state index contributed by atoms with van der Waals surface area (Å²) in [4.78, 5) is 11.8. The van der Waals surface area contributed by atoms with Crippen LogP contribution in [0.2, 0.25) is 5.02 Å². The summed E-state index contributed by atoms with van der Waals surface area (Å²) in [5.74, 6) is 0.310. The standard InChI is InChI=1S/C17H15ClN2O2/c18-13-6-8-14(9-7-13)22-11-17(21)20-19-16-10-5-12-3-1-2-4-15(12)16/h1-4,6-9H,5,10-11H2,(H,20,21). The first-order chi connectivity index (χ1) is 10.7. The number of carbonyl (C=O) groups is 1.